The fourth-order valence-electron chi connectivity index (χ4n) is 3.14. The van der Waals surface area contributed by atoms with E-state index in [9.17, 15) is 27.2 Å². The second-order valence-electron chi connectivity index (χ2n) is 6.93. The molecule has 1 fully saturated rings. The Labute approximate surface area is 170 Å². The van der Waals surface area contributed by atoms with Crippen LogP contribution in [0, 0.1) is 5.82 Å². The zero-order chi connectivity index (χ0) is 21.7. The Bertz CT molecular complexity index is 925. The van der Waals surface area contributed by atoms with Crippen LogP contribution in [-0.2, 0) is 26.9 Å². The zero-order valence-electron chi connectivity index (χ0n) is 15.9. The third-order valence-electron chi connectivity index (χ3n) is 4.62. The highest BCUT2D eigenvalue weighted by molar-refractivity contribution is 5.96. The SMILES string of the molecule is O=C(CCc1cccc(F)c1)Nc1ccc(NC(=O)C2CCCO2)cc1C(F)(F)F. The van der Waals surface area contributed by atoms with Gasteiger partial charge in [-0.1, -0.05) is 12.1 Å². The Morgan fingerprint density at radius 2 is 1.90 bits per heavy atom. The maximum absolute atomic E-state index is 13.5. The third kappa shape index (κ3) is 5.79. The molecule has 0 radical (unpaired) electrons. The molecule has 160 valence electrons. The molecule has 1 unspecified atom stereocenters. The molecule has 2 aromatic carbocycles. The van der Waals surface area contributed by atoms with Crippen molar-refractivity contribution in [1.29, 1.82) is 0 Å². The molecule has 1 aliphatic rings. The summed E-state index contributed by atoms with van der Waals surface area (Å²) in [4.78, 5) is 24.2. The standard InChI is InChI=1S/C21H20F4N2O3/c22-14-4-1-3-13(11-14)6-9-19(28)27-17-8-7-15(12-16(17)21(23,24)25)26-20(29)18-5-2-10-30-18/h1,3-4,7-8,11-12,18H,2,5-6,9-10H2,(H,26,29)(H,27,28). The number of hydrogen-bond acceptors (Lipinski definition) is 3. The van der Waals surface area contributed by atoms with Crippen LogP contribution in [0.15, 0.2) is 42.5 Å². The fraction of sp³-hybridized carbons (Fsp3) is 0.333. The number of ether oxygens (including phenoxy) is 1. The molecule has 1 atom stereocenters. The molecule has 5 nitrogen and oxygen atoms in total. The first kappa shape index (κ1) is 21.8. The smallest absolute Gasteiger partial charge is 0.368 e. The van der Waals surface area contributed by atoms with Crippen LogP contribution < -0.4 is 10.6 Å². The van der Waals surface area contributed by atoms with Crippen LogP contribution in [0.3, 0.4) is 0 Å². The van der Waals surface area contributed by atoms with Crippen molar-refractivity contribution in [2.75, 3.05) is 17.2 Å². The molecule has 2 aromatic rings. The Morgan fingerprint density at radius 3 is 2.57 bits per heavy atom. The van der Waals surface area contributed by atoms with Gasteiger partial charge in [0.2, 0.25) is 5.91 Å². The highest BCUT2D eigenvalue weighted by Gasteiger charge is 2.34. The number of alkyl halides is 3. The largest absolute Gasteiger partial charge is 0.418 e. The highest BCUT2D eigenvalue weighted by Crippen LogP contribution is 2.37. The van der Waals surface area contributed by atoms with Crippen molar-refractivity contribution >= 4 is 23.2 Å². The van der Waals surface area contributed by atoms with E-state index in [2.05, 4.69) is 10.6 Å². The molecule has 0 aliphatic carbocycles. The summed E-state index contributed by atoms with van der Waals surface area (Å²) in [5.41, 5.74) is -0.970. The highest BCUT2D eigenvalue weighted by atomic mass is 19.4. The molecule has 2 amide bonds. The predicted octanol–water partition coefficient (Wildman–Crippen LogP) is 4.53. The molecule has 3 rings (SSSR count). The van der Waals surface area contributed by atoms with Crippen LogP contribution in [0.4, 0.5) is 28.9 Å². The molecule has 30 heavy (non-hydrogen) atoms. The van der Waals surface area contributed by atoms with Crippen LogP contribution in [0.5, 0.6) is 0 Å². The summed E-state index contributed by atoms with van der Waals surface area (Å²) in [6, 6.07) is 8.79. The fourth-order valence-corrected chi connectivity index (χ4v) is 3.14. The van der Waals surface area contributed by atoms with E-state index >= 15 is 0 Å². The number of anilines is 2. The quantitative estimate of drug-likeness (QED) is 0.670. The van der Waals surface area contributed by atoms with Crippen LogP contribution in [0.2, 0.25) is 0 Å². The molecule has 1 saturated heterocycles. The lowest BCUT2D eigenvalue weighted by molar-refractivity contribution is -0.137. The first-order chi connectivity index (χ1) is 14.2. The number of aryl methyl sites for hydroxylation is 1. The first-order valence-corrected chi connectivity index (χ1v) is 9.40. The van der Waals surface area contributed by atoms with Crippen molar-refractivity contribution in [2.45, 2.75) is 38.0 Å². The van der Waals surface area contributed by atoms with Gasteiger partial charge in [0.25, 0.3) is 5.91 Å². The van der Waals surface area contributed by atoms with Gasteiger partial charge in [0.05, 0.1) is 11.3 Å². The van der Waals surface area contributed by atoms with Gasteiger partial charge in [0.15, 0.2) is 0 Å². The molecule has 0 bridgehead atoms. The van der Waals surface area contributed by atoms with Gasteiger partial charge >= 0.3 is 6.18 Å². The van der Waals surface area contributed by atoms with E-state index in [1.165, 1.54) is 24.3 Å². The average Bonchev–Trinajstić information content (AvgIpc) is 3.22. The predicted molar refractivity (Wildman–Crippen MR) is 102 cm³/mol. The number of carbonyl (C=O) groups excluding carboxylic acids is 2. The minimum absolute atomic E-state index is 0.0411. The average molecular weight is 424 g/mol. The van der Waals surface area contributed by atoms with E-state index in [-0.39, 0.29) is 18.5 Å². The van der Waals surface area contributed by atoms with Gasteiger partial charge in [0, 0.05) is 18.7 Å². The lowest BCUT2D eigenvalue weighted by Crippen LogP contribution is -2.27. The first-order valence-electron chi connectivity index (χ1n) is 9.40. The van der Waals surface area contributed by atoms with Gasteiger partial charge in [-0.3, -0.25) is 9.59 Å². The van der Waals surface area contributed by atoms with Gasteiger partial charge in [-0.15, -0.1) is 0 Å². The minimum Gasteiger partial charge on any atom is -0.368 e. The number of hydrogen-bond donors (Lipinski definition) is 2. The van der Waals surface area contributed by atoms with Crippen LogP contribution in [-0.4, -0.2) is 24.5 Å². The summed E-state index contributed by atoms with van der Waals surface area (Å²) in [6.07, 6.45) is -4.13. The van der Waals surface area contributed by atoms with Crippen molar-refractivity contribution in [3.8, 4) is 0 Å². The Morgan fingerprint density at radius 1 is 1.10 bits per heavy atom. The van der Waals surface area contributed by atoms with Crippen LogP contribution in [0.1, 0.15) is 30.4 Å². The molecule has 0 aromatic heterocycles. The van der Waals surface area contributed by atoms with Crippen molar-refractivity contribution in [3.63, 3.8) is 0 Å². The topological polar surface area (TPSA) is 67.4 Å². The summed E-state index contributed by atoms with van der Waals surface area (Å²) >= 11 is 0. The second-order valence-corrected chi connectivity index (χ2v) is 6.93. The number of nitrogens with one attached hydrogen (secondary N) is 2. The minimum atomic E-state index is -4.74. The summed E-state index contributed by atoms with van der Waals surface area (Å²) in [5.74, 6) is -1.60. The molecular weight excluding hydrogens is 404 g/mol. The Balaban J connectivity index is 1.68. The van der Waals surface area contributed by atoms with Gasteiger partial charge in [0.1, 0.15) is 11.9 Å². The van der Waals surface area contributed by atoms with Gasteiger partial charge < -0.3 is 15.4 Å². The molecular formula is C21H20F4N2O3. The van der Waals surface area contributed by atoms with Crippen LogP contribution in [0.25, 0.3) is 0 Å². The molecule has 9 heteroatoms. The van der Waals surface area contributed by atoms with Gasteiger partial charge in [-0.05, 0) is 55.2 Å². The lowest BCUT2D eigenvalue weighted by Gasteiger charge is -2.17. The molecule has 1 aliphatic heterocycles. The molecule has 0 saturated carbocycles. The normalized spacial score (nSPS) is 16.3. The number of benzene rings is 2. The number of amides is 2. The van der Waals surface area contributed by atoms with Crippen molar-refractivity contribution in [3.05, 3.63) is 59.4 Å². The number of halogens is 4. The Hall–Kier alpha value is -2.94. The van der Waals surface area contributed by atoms with E-state index in [4.69, 9.17) is 4.74 Å². The second kappa shape index (κ2) is 9.25. The molecule has 0 spiro atoms. The van der Waals surface area contributed by atoms with Crippen LogP contribution >= 0.6 is 0 Å². The lowest BCUT2D eigenvalue weighted by atomic mass is 10.1. The van der Waals surface area contributed by atoms with Crippen molar-refractivity contribution in [1.82, 2.24) is 0 Å². The summed E-state index contributed by atoms with van der Waals surface area (Å²) in [7, 11) is 0. The van der Waals surface area contributed by atoms with E-state index in [1.54, 1.807) is 6.07 Å². The van der Waals surface area contributed by atoms with E-state index in [1.807, 2.05) is 0 Å². The van der Waals surface area contributed by atoms with Gasteiger partial charge in [-0.25, -0.2) is 4.39 Å². The van der Waals surface area contributed by atoms with Crippen molar-refractivity contribution < 1.29 is 31.9 Å². The third-order valence-corrected chi connectivity index (χ3v) is 4.62. The van der Waals surface area contributed by atoms with E-state index in [0.29, 0.717) is 25.0 Å². The maximum atomic E-state index is 13.5. The number of rotatable bonds is 6. The maximum Gasteiger partial charge on any atom is 0.418 e. The molecule has 2 N–H and O–H groups in total. The van der Waals surface area contributed by atoms with Gasteiger partial charge in [-0.2, -0.15) is 13.2 Å². The van der Waals surface area contributed by atoms with Crippen molar-refractivity contribution in [2.24, 2.45) is 0 Å². The monoisotopic (exact) mass is 424 g/mol. The molecule has 1 heterocycles. The van der Waals surface area contributed by atoms with E-state index < -0.39 is 41.2 Å². The zero-order valence-corrected chi connectivity index (χ0v) is 15.9. The summed E-state index contributed by atoms with van der Waals surface area (Å²) in [5, 5.41) is 4.66. The Kier molecular flexibility index (Phi) is 6.71. The summed E-state index contributed by atoms with van der Waals surface area (Å²) < 4.78 is 58.8. The summed E-state index contributed by atoms with van der Waals surface area (Å²) in [6.45, 7) is 0.437. The van der Waals surface area contributed by atoms with E-state index in [0.717, 1.165) is 12.1 Å². The number of carbonyl (C=O) groups is 2.